The molecule has 0 amide bonds. The van der Waals surface area contributed by atoms with Gasteiger partial charge in [0.1, 0.15) is 23.5 Å². The first kappa shape index (κ1) is 18.4. The molecular weight excluding hydrogens is 347 g/mol. The van der Waals surface area contributed by atoms with Crippen LogP contribution in [0.4, 0.5) is 10.1 Å². The van der Waals surface area contributed by atoms with Crippen molar-refractivity contribution in [3.8, 4) is 11.5 Å². The Hall–Kier alpha value is -3.35. The Morgan fingerprint density at radius 3 is 2.44 bits per heavy atom. The van der Waals surface area contributed by atoms with Crippen molar-refractivity contribution in [1.82, 2.24) is 5.48 Å². The maximum Gasteiger partial charge on any atom is 0.153 e. The SMILES string of the molecule is CNO.O=Cc1ccc(C2=Nc3ccccc3Oc3ccc(F)cc32)cc1. The Labute approximate surface area is 155 Å². The highest BCUT2D eigenvalue weighted by molar-refractivity contribution is 6.16. The predicted molar refractivity (Wildman–Crippen MR) is 101 cm³/mol. The number of hydrogen-bond acceptors (Lipinski definition) is 5. The highest BCUT2D eigenvalue weighted by Gasteiger charge is 2.20. The molecule has 0 aromatic heterocycles. The van der Waals surface area contributed by atoms with E-state index in [1.165, 1.54) is 19.2 Å². The number of nitrogens with zero attached hydrogens (tertiary/aromatic N) is 1. The molecule has 4 rings (SSSR count). The van der Waals surface area contributed by atoms with E-state index in [1.54, 1.807) is 35.8 Å². The molecule has 0 unspecified atom stereocenters. The van der Waals surface area contributed by atoms with E-state index in [1.807, 2.05) is 24.3 Å². The number of aliphatic imine (C=N–C) groups is 1. The van der Waals surface area contributed by atoms with Gasteiger partial charge in [-0.2, -0.15) is 0 Å². The van der Waals surface area contributed by atoms with Crippen LogP contribution in [0.5, 0.6) is 11.5 Å². The van der Waals surface area contributed by atoms with Crippen molar-refractivity contribution in [3.63, 3.8) is 0 Å². The fourth-order valence-electron chi connectivity index (χ4n) is 2.65. The standard InChI is InChI=1S/C20H12FNO2.CH5NO/c21-15-9-10-18-16(11-15)20(14-7-5-13(12-23)6-8-14)22-17-3-1-2-4-19(17)24-18;1-2-3/h1-12H;2-3H,1H3. The van der Waals surface area contributed by atoms with Gasteiger partial charge < -0.3 is 9.94 Å². The maximum atomic E-state index is 13.8. The molecule has 1 aliphatic heterocycles. The van der Waals surface area contributed by atoms with E-state index in [0.29, 0.717) is 34.0 Å². The summed E-state index contributed by atoms with van der Waals surface area (Å²) in [6, 6.07) is 18.8. The third-order valence-corrected chi connectivity index (χ3v) is 3.83. The van der Waals surface area contributed by atoms with Crippen molar-refractivity contribution in [1.29, 1.82) is 0 Å². The molecular formula is C21H17FN2O3. The molecule has 0 fully saturated rings. The zero-order valence-electron chi connectivity index (χ0n) is 14.5. The lowest BCUT2D eigenvalue weighted by Gasteiger charge is -2.10. The van der Waals surface area contributed by atoms with Gasteiger partial charge in [-0.05, 0) is 30.3 Å². The van der Waals surface area contributed by atoms with Crippen LogP contribution in [0.2, 0.25) is 0 Å². The average molecular weight is 364 g/mol. The van der Waals surface area contributed by atoms with Gasteiger partial charge in [0.15, 0.2) is 5.75 Å². The maximum absolute atomic E-state index is 13.8. The summed E-state index contributed by atoms with van der Waals surface area (Å²) in [5.41, 5.74) is 4.96. The molecule has 3 aromatic carbocycles. The number of carbonyl (C=O) groups excluding carboxylic acids is 1. The van der Waals surface area contributed by atoms with Crippen molar-refractivity contribution in [2.75, 3.05) is 7.05 Å². The second kappa shape index (κ2) is 8.35. The van der Waals surface area contributed by atoms with Crippen LogP contribution in [0.3, 0.4) is 0 Å². The lowest BCUT2D eigenvalue weighted by atomic mass is 10.00. The first-order valence-electron chi connectivity index (χ1n) is 8.18. The molecule has 1 aliphatic rings. The third-order valence-electron chi connectivity index (χ3n) is 3.83. The van der Waals surface area contributed by atoms with E-state index in [-0.39, 0.29) is 5.82 Å². The number of rotatable bonds is 2. The highest BCUT2D eigenvalue weighted by Crippen LogP contribution is 2.38. The molecule has 0 atom stereocenters. The van der Waals surface area contributed by atoms with Gasteiger partial charge in [0.25, 0.3) is 0 Å². The third kappa shape index (κ3) is 4.08. The number of hydrogen-bond donors (Lipinski definition) is 2. The number of hydroxylamine groups is 1. The summed E-state index contributed by atoms with van der Waals surface area (Å²) in [7, 11) is 1.43. The molecule has 0 spiro atoms. The van der Waals surface area contributed by atoms with Crippen LogP contribution in [0.25, 0.3) is 0 Å². The Bertz CT molecular complexity index is 985. The van der Waals surface area contributed by atoms with Gasteiger partial charge in [-0.1, -0.05) is 36.4 Å². The zero-order valence-corrected chi connectivity index (χ0v) is 14.5. The normalized spacial score (nSPS) is 11.6. The van der Waals surface area contributed by atoms with E-state index in [9.17, 15) is 9.18 Å². The van der Waals surface area contributed by atoms with Crippen molar-refractivity contribution in [2.45, 2.75) is 0 Å². The smallest absolute Gasteiger partial charge is 0.153 e. The number of fused-ring (bicyclic) bond motifs is 2. The van der Waals surface area contributed by atoms with Gasteiger partial charge in [-0.15, -0.1) is 0 Å². The van der Waals surface area contributed by atoms with Crippen LogP contribution in [-0.4, -0.2) is 24.3 Å². The Morgan fingerprint density at radius 1 is 1.04 bits per heavy atom. The molecule has 5 nitrogen and oxygen atoms in total. The summed E-state index contributed by atoms with van der Waals surface area (Å²) >= 11 is 0. The van der Waals surface area contributed by atoms with Gasteiger partial charge >= 0.3 is 0 Å². The van der Waals surface area contributed by atoms with Crippen LogP contribution in [-0.2, 0) is 0 Å². The molecule has 0 saturated heterocycles. The molecule has 136 valence electrons. The fraction of sp³-hybridized carbons (Fsp3) is 0.0476. The van der Waals surface area contributed by atoms with E-state index < -0.39 is 0 Å². The summed E-state index contributed by atoms with van der Waals surface area (Å²) in [6.45, 7) is 0. The molecule has 0 bridgehead atoms. The predicted octanol–water partition coefficient (Wildman–Crippen LogP) is 4.51. The summed E-state index contributed by atoms with van der Waals surface area (Å²) in [5.74, 6) is 0.796. The van der Waals surface area contributed by atoms with Crippen LogP contribution in [0, 0.1) is 5.82 Å². The Balaban J connectivity index is 0.000000659. The second-order valence-corrected chi connectivity index (χ2v) is 5.63. The monoisotopic (exact) mass is 364 g/mol. The Kier molecular flexibility index (Phi) is 5.71. The molecule has 27 heavy (non-hydrogen) atoms. The average Bonchev–Trinajstić information content (AvgIpc) is 2.85. The lowest BCUT2D eigenvalue weighted by Crippen LogP contribution is -2.04. The molecule has 2 N–H and O–H groups in total. The van der Waals surface area contributed by atoms with Gasteiger partial charge in [0.05, 0.1) is 5.71 Å². The lowest BCUT2D eigenvalue weighted by molar-refractivity contribution is 0.112. The minimum absolute atomic E-state index is 0.361. The van der Waals surface area contributed by atoms with Crippen LogP contribution in [0.1, 0.15) is 21.5 Å². The first-order chi connectivity index (χ1) is 13.2. The molecule has 0 saturated carbocycles. The van der Waals surface area contributed by atoms with Gasteiger partial charge in [0.2, 0.25) is 0 Å². The number of aldehydes is 1. The van der Waals surface area contributed by atoms with Gasteiger partial charge in [-0.3, -0.25) is 4.79 Å². The number of halogens is 1. The largest absolute Gasteiger partial charge is 0.454 e. The van der Waals surface area contributed by atoms with E-state index in [4.69, 9.17) is 9.94 Å². The topological polar surface area (TPSA) is 70.9 Å². The van der Waals surface area contributed by atoms with E-state index in [2.05, 4.69) is 4.99 Å². The number of carbonyl (C=O) groups is 1. The highest BCUT2D eigenvalue weighted by atomic mass is 19.1. The summed E-state index contributed by atoms with van der Waals surface area (Å²) in [6.07, 6.45) is 0.782. The van der Waals surface area contributed by atoms with Crippen molar-refractivity contribution < 1.29 is 19.1 Å². The molecule has 0 aliphatic carbocycles. The van der Waals surface area contributed by atoms with Crippen molar-refractivity contribution >= 4 is 17.7 Å². The second-order valence-electron chi connectivity index (χ2n) is 5.63. The number of benzene rings is 3. The van der Waals surface area contributed by atoms with Crippen molar-refractivity contribution in [3.05, 3.63) is 89.2 Å². The summed E-state index contributed by atoms with van der Waals surface area (Å²) in [4.78, 5) is 15.5. The minimum Gasteiger partial charge on any atom is -0.454 e. The van der Waals surface area contributed by atoms with E-state index in [0.717, 1.165) is 11.8 Å². The van der Waals surface area contributed by atoms with E-state index >= 15 is 0 Å². The Morgan fingerprint density at radius 2 is 1.74 bits per heavy atom. The molecule has 3 aromatic rings. The van der Waals surface area contributed by atoms with Crippen molar-refractivity contribution in [2.24, 2.45) is 4.99 Å². The first-order valence-corrected chi connectivity index (χ1v) is 8.18. The molecule has 6 heteroatoms. The summed E-state index contributed by atoms with van der Waals surface area (Å²) < 4.78 is 19.7. The fourth-order valence-corrected chi connectivity index (χ4v) is 2.65. The summed E-state index contributed by atoms with van der Waals surface area (Å²) in [5, 5.41) is 7.32. The van der Waals surface area contributed by atoms with Gasteiger partial charge in [-0.25, -0.2) is 14.9 Å². The number of ether oxygens (including phenoxy) is 1. The van der Waals surface area contributed by atoms with Crippen LogP contribution in [0.15, 0.2) is 71.7 Å². The quantitative estimate of drug-likeness (QED) is 0.406. The van der Waals surface area contributed by atoms with Crippen LogP contribution >= 0.6 is 0 Å². The minimum atomic E-state index is -0.361. The molecule has 1 heterocycles. The number of nitrogens with one attached hydrogen (secondary N) is 1. The van der Waals surface area contributed by atoms with Gasteiger partial charge in [0, 0.05) is 23.7 Å². The molecule has 0 radical (unpaired) electrons. The van der Waals surface area contributed by atoms with Crippen LogP contribution < -0.4 is 10.2 Å². The number of para-hydroxylation sites is 2. The zero-order chi connectivity index (χ0) is 19.2.